The van der Waals surface area contributed by atoms with Crippen molar-refractivity contribution in [2.45, 2.75) is 49.1 Å². The summed E-state index contributed by atoms with van der Waals surface area (Å²) in [4.78, 5) is 37.1. The number of benzene rings is 3. The number of carbonyl (C=O) groups is 2. The zero-order valence-electron chi connectivity index (χ0n) is 23.2. The van der Waals surface area contributed by atoms with Crippen molar-refractivity contribution in [2.24, 2.45) is 0 Å². The van der Waals surface area contributed by atoms with Crippen LogP contribution in [0.3, 0.4) is 0 Å². The topological polar surface area (TPSA) is 75.2 Å². The first-order valence-electron chi connectivity index (χ1n) is 13.8. The summed E-state index contributed by atoms with van der Waals surface area (Å²) in [5.74, 6) is 1.44. The van der Waals surface area contributed by atoms with E-state index in [1.165, 1.54) is 11.8 Å². The highest BCUT2D eigenvalue weighted by Gasteiger charge is 2.40. The van der Waals surface area contributed by atoms with Gasteiger partial charge >= 0.3 is 0 Å². The van der Waals surface area contributed by atoms with Crippen molar-refractivity contribution in [3.8, 4) is 0 Å². The maximum Gasteiger partial charge on any atom is 0.251 e. The predicted molar refractivity (Wildman–Crippen MR) is 166 cm³/mol. The normalized spacial score (nSPS) is 15.2. The Morgan fingerprint density at radius 3 is 2.32 bits per heavy atom. The van der Waals surface area contributed by atoms with Gasteiger partial charge in [-0.15, -0.1) is 0 Å². The smallest absolute Gasteiger partial charge is 0.251 e. The van der Waals surface area contributed by atoms with E-state index in [1.807, 2.05) is 79.7 Å². The number of Topliss-reactive ketones (excluding diaryl/α,β-unsaturated/α-hetero) is 1. The van der Waals surface area contributed by atoms with Gasteiger partial charge in [-0.25, -0.2) is 9.97 Å². The average molecular weight is 585 g/mol. The van der Waals surface area contributed by atoms with Gasteiger partial charge in [0.15, 0.2) is 5.16 Å². The van der Waals surface area contributed by atoms with Crippen LogP contribution in [0.4, 0.5) is 5.82 Å². The van der Waals surface area contributed by atoms with E-state index in [0.29, 0.717) is 47.6 Å². The molecule has 0 saturated carbocycles. The second-order valence-electron chi connectivity index (χ2n) is 10.4. The van der Waals surface area contributed by atoms with Crippen molar-refractivity contribution in [2.75, 3.05) is 18.0 Å². The highest BCUT2D eigenvalue weighted by Crippen LogP contribution is 2.38. The van der Waals surface area contributed by atoms with Crippen LogP contribution in [0.5, 0.6) is 0 Å². The van der Waals surface area contributed by atoms with Crippen LogP contribution in [0, 0.1) is 0 Å². The zero-order chi connectivity index (χ0) is 28.8. The second kappa shape index (κ2) is 12.9. The summed E-state index contributed by atoms with van der Waals surface area (Å²) in [5.41, 5.74) is 3.27. The molecule has 1 N–H and O–H groups in total. The fourth-order valence-corrected chi connectivity index (χ4v) is 6.41. The van der Waals surface area contributed by atoms with Crippen LogP contribution in [0.25, 0.3) is 0 Å². The number of aromatic nitrogens is 2. The Bertz CT molecular complexity index is 1510. The lowest BCUT2D eigenvalue weighted by atomic mass is 9.70. The molecule has 1 unspecified atom stereocenters. The van der Waals surface area contributed by atoms with Gasteiger partial charge in [0.2, 0.25) is 0 Å². The molecule has 0 spiro atoms. The van der Waals surface area contributed by atoms with Gasteiger partial charge in [-0.05, 0) is 55.5 Å². The minimum atomic E-state index is -0.470. The second-order valence-corrected chi connectivity index (χ2v) is 11.7. The number of hydrogen-bond donors (Lipinski definition) is 1. The summed E-state index contributed by atoms with van der Waals surface area (Å²) in [6.45, 7) is 5.07. The number of nitrogens with one attached hydrogen (secondary N) is 1. The molecule has 4 aromatic rings. The Morgan fingerprint density at radius 1 is 0.951 bits per heavy atom. The van der Waals surface area contributed by atoms with E-state index in [9.17, 15) is 9.59 Å². The van der Waals surface area contributed by atoms with Gasteiger partial charge in [-0.1, -0.05) is 96.2 Å². The van der Waals surface area contributed by atoms with E-state index in [2.05, 4.69) is 27.3 Å². The molecular weight excluding hydrogens is 552 g/mol. The molecule has 5 rings (SSSR count). The van der Waals surface area contributed by atoms with Crippen LogP contribution in [0.2, 0.25) is 5.15 Å². The van der Waals surface area contributed by atoms with Crippen LogP contribution in [-0.4, -0.2) is 34.7 Å². The van der Waals surface area contributed by atoms with Gasteiger partial charge in [0.25, 0.3) is 5.91 Å². The number of nitrogens with zero attached hydrogens (tertiary/aromatic N) is 3. The van der Waals surface area contributed by atoms with Crippen molar-refractivity contribution in [3.05, 3.63) is 118 Å². The van der Waals surface area contributed by atoms with Crippen LogP contribution in [0.1, 0.15) is 59.8 Å². The average Bonchev–Trinajstić information content (AvgIpc) is 3.00. The summed E-state index contributed by atoms with van der Waals surface area (Å²) in [7, 11) is 0. The molecule has 6 nitrogen and oxygen atoms in total. The van der Waals surface area contributed by atoms with E-state index in [4.69, 9.17) is 16.6 Å². The maximum absolute atomic E-state index is 12.9. The van der Waals surface area contributed by atoms with Gasteiger partial charge in [0, 0.05) is 30.5 Å². The lowest BCUT2D eigenvalue weighted by molar-refractivity contribution is -0.123. The molecule has 3 aromatic carbocycles. The number of amides is 1. The summed E-state index contributed by atoms with van der Waals surface area (Å²) < 4.78 is 0. The van der Waals surface area contributed by atoms with Gasteiger partial charge in [0.1, 0.15) is 16.8 Å². The maximum atomic E-state index is 12.9. The first-order valence-corrected chi connectivity index (χ1v) is 15.1. The van der Waals surface area contributed by atoms with Crippen molar-refractivity contribution in [3.63, 3.8) is 0 Å². The summed E-state index contributed by atoms with van der Waals surface area (Å²) in [6, 6.07) is 29.3. The number of thioether (sulfide) groups is 1. The zero-order valence-corrected chi connectivity index (χ0v) is 24.8. The summed E-state index contributed by atoms with van der Waals surface area (Å²) >= 11 is 7.90. The summed E-state index contributed by atoms with van der Waals surface area (Å²) in [6.07, 6.45) is 1.43. The fraction of sp³-hybridized carbons (Fsp3) is 0.273. The molecule has 0 radical (unpaired) electrons. The van der Waals surface area contributed by atoms with Gasteiger partial charge < -0.3 is 10.2 Å². The number of ketones is 1. The predicted octanol–water partition coefficient (Wildman–Crippen LogP) is 7.04. The van der Waals surface area contributed by atoms with Crippen LogP contribution in [0.15, 0.2) is 96.2 Å². The highest BCUT2D eigenvalue weighted by atomic mass is 35.5. The third-order valence-corrected chi connectivity index (χ3v) is 8.92. The van der Waals surface area contributed by atoms with Gasteiger partial charge in [-0.2, -0.15) is 0 Å². The Balaban J connectivity index is 1.23. The van der Waals surface area contributed by atoms with Crippen molar-refractivity contribution >= 4 is 40.9 Å². The molecule has 1 saturated heterocycles. The number of piperidine rings is 1. The Labute approximate surface area is 250 Å². The van der Waals surface area contributed by atoms with Crippen LogP contribution < -0.4 is 10.2 Å². The largest absolute Gasteiger partial charge is 0.356 e. The lowest BCUT2D eigenvalue weighted by Crippen LogP contribution is -2.47. The van der Waals surface area contributed by atoms with E-state index >= 15 is 0 Å². The van der Waals surface area contributed by atoms with Crippen molar-refractivity contribution in [1.29, 1.82) is 0 Å². The number of hydrogen-bond acceptors (Lipinski definition) is 6. The standard InChI is InChI=1S/C33H33ClN4O2S/c1-23(26-11-5-3-6-12-26)35-31(40)27-13-9-10-25(20-27)22-41-32-36-29(34)21-30(37-32)38-18-16-33(17-19-38,24(2)39)28-14-7-4-8-15-28/h3-15,20-21,23H,16-19,22H2,1-2H3,(H,35,40). The fourth-order valence-electron chi connectivity index (χ4n) is 5.39. The molecule has 0 aliphatic carbocycles. The molecule has 1 atom stereocenters. The number of halogens is 1. The third kappa shape index (κ3) is 6.80. The molecule has 1 aromatic heterocycles. The molecule has 0 bridgehead atoms. The monoisotopic (exact) mass is 584 g/mol. The van der Waals surface area contributed by atoms with E-state index in [0.717, 1.165) is 22.5 Å². The number of anilines is 1. The van der Waals surface area contributed by atoms with E-state index in [1.54, 1.807) is 13.0 Å². The van der Waals surface area contributed by atoms with Crippen molar-refractivity contribution < 1.29 is 9.59 Å². The minimum Gasteiger partial charge on any atom is -0.356 e. The Kier molecular flexibility index (Phi) is 9.06. The van der Waals surface area contributed by atoms with Crippen LogP contribution >= 0.6 is 23.4 Å². The molecule has 1 amide bonds. The SMILES string of the molecule is CC(=O)C1(c2ccccc2)CCN(c2cc(Cl)nc(SCc3cccc(C(=O)NC(C)c4ccccc4)c3)n2)CC1. The molecule has 1 fully saturated rings. The van der Waals surface area contributed by atoms with Gasteiger partial charge in [0.05, 0.1) is 11.5 Å². The quantitative estimate of drug-likeness (QED) is 0.129. The van der Waals surface area contributed by atoms with Gasteiger partial charge in [-0.3, -0.25) is 9.59 Å². The molecular formula is C33H33ClN4O2S. The Hall–Kier alpha value is -3.68. The first kappa shape index (κ1) is 28.8. The summed E-state index contributed by atoms with van der Waals surface area (Å²) in [5, 5.41) is 4.03. The van der Waals surface area contributed by atoms with Crippen molar-refractivity contribution in [1.82, 2.24) is 15.3 Å². The van der Waals surface area contributed by atoms with Crippen LogP contribution in [-0.2, 0) is 16.0 Å². The van der Waals surface area contributed by atoms with E-state index < -0.39 is 5.41 Å². The number of carbonyl (C=O) groups excluding carboxylic acids is 2. The molecule has 2 heterocycles. The molecule has 1 aliphatic heterocycles. The molecule has 41 heavy (non-hydrogen) atoms. The first-order chi connectivity index (χ1) is 19.8. The lowest BCUT2D eigenvalue weighted by Gasteiger charge is -2.41. The highest BCUT2D eigenvalue weighted by molar-refractivity contribution is 7.98. The number of rotatable bonds is 9. The third-order valence-electron chi connectivity index (χ3n) is 7.81. The Morgan fingerprint density at radius 2 is 1.63 bits per heavy atom. The van der Waals surface area contributed by atoms with E-state index in [-0.39, 0.29) is 17.7 Å². The molecule has 1 aliphatic rings. The molecule has 210 valence electrons. The molecule has 8 heteroatoms. The minimum absolute atomic E-state index is 0.0944.